The van der Waals surface area contributed by atoms with Crippen molar-refractivity contribution in [2.75, 3.05) is 0 Å². The van der Waals surface area contributed by atoms with Gasteiger partial charge in [0.2, 0.25) is 5.91 Å². The van der Waals surface area contributed by atoms with Crippen LogP contribution in [0.5, 0.6) is 0 Å². The normalized spacial score (nSPS) is 15.1. The molecule has 1 amide bonds. The van der Waals surface area contributed by atoms with Crippen LogP contribution in [0.2, 0.25) is 0 Å². The van der Waals surface area contributed by atoms with E-state index in [1.807, 2.05) is 37.3 Å². The molecule has 4 heteroatoms. The number of hydrogen-bond donors (Lipinski definition) is 2. The van der Waals surface area contributed by atoms with Gasteiger partial charge in [-0.25, -0.2) is 4.79 Å². The molecule has 0 radical (unpaired) electrons. The highest BCUT2D eigenvalue weighted by Crippen LogP contribution is 2.24. The van der Waals surface area contributed by atoms with Crippen molar-refractivity contribution in [1.29, 1.82) is 0 Å². The summed E-state index contributed by atoms with van der Waals surface area (Å²) in [6.07, 6.45) is 1.20. The van der Waals surface area contributed by atoms with E-state index in [0.29, 0.717) is 12.3 Å². The van der Waals surface area contributed by atoms with Crippen LogP contribution in [0.1, 0.15) is 39.7 Å². The van der Waals surface area contributed by atoms with Gasteiger partial charge in [0.05, 0.1) is 0 Å². The van der Waals surface area contributed by atoms with Crippen molar-refractivity contribution in [3.05, 3.63) is 35.9 Å². The third-order valence-corrected chi connectivity index (χ3v) is 4.28. The minimum Gasteiger partial charge on any atom is -0.480 e. The van der Waals surface area contributed by atoms with Crippen LogP contribution in [0.15, 0.2) is 30.3 Å². The average Bonchev–Trinajstić information content (AvgIpc) is 2.47. The molecule has 0 bridgehead atoms. The van der Waals surface area contributed by atoms with E-state index in [4.69, 9.17) is 0 Å². The van der Waals surface area contributed by atoms with Crippen LogP contribution in [0.3, 0.4) is 0 Å². The molecule has 122 valence electrons. The molecule has 0 spiro atoms. The lowest BCUT2D eigenvalue weighted by Gasteiger charge is -2.27. The standard InChI is InChI=1S/C18H27NO3/c1-5-15(12(2)3)13(4)17(20)19-16(18(21)22)11-14-9-7-6-8-10-14/h6-10,12-13,15-16H,5,11H2,1-4H3,(H,19,20)(H,21,22). The summed E-state index contributed by atoms with van der Waals surface area (Å²) < 4.78 is 0. The molecular formula is C18H27NO3. The monoisotopic (exact) mass is 305 g/mol. The predicted octanol–water partition coefficient (Wildman–Crippen LogP) is 3.12. The average molecular weight is 305 g/mol. The summed E-state index contributed by atoms with van der Waals surface area (Å²) in [5, 5.41) is 12.1. The number of aliphatic carboxylic acids is 1. The Balaban J connectivity index is 2.74. The number of amides is 1. The van der Waals surface area contributed by atoms with Gasteiger partial charge in [0.15, 0.2) is 0 Å². The first-order valence-electron chi connectivity index (χ1n) is 7.93. The fourth-order valence-electron chi connectivity index (χ4n) is 2.95. The fraction of sp³-hybridized carbons (Fsp3) is 0.556. The Bertz CT molecular complexity index is 484. The molecule has 0 aliphatic rings. The van der Waals surface area contributed by atoms with Crippen LogP contribution in [0.4, 0.5) is 0 Å². The Morgan fingerprint density at radius 3 is 2.18 bits per heavy atom. The molecule has 0 aromatic heterocycles. The third-order valence-electron chi connectivity index (χ3n) is 4.28. The van der Waals surface area contributed by atoms with Crippen LogP contribution in [-0.4, -0.2) is 23.0 Å². The van der Waals surface area contributed by atoms with E-state index in [-0.39, 0.29) is 17.7 Å². The number of carboxylic acids is 1. The first-order chi connectivity index (χ1) is 10.4. The molecule has 0 saturated heterocycles. The molecule has 0 aliphatic heterocycles. The number of carbonyl (C=O) groups excluding carboxylic acids is 1. The van der Waals surface area contributed by atoms with Crippen LogP contribution in [0, 0.1) is 17.8 Å². The number of rotatable bonds is 8. The number of carboxylic acid groups (broad SMARTS) is 1. The largest absolute Gasteiger partial charge is 0.480 e. The maximum atomic E-state index is 12.4. The van der Waals surface area contributed by atoms with Gasteiger partial charge < -0.3 is 10.4 Å². The smallest absolute Gasteiger partial charge is 0.326 e. The van der Waals surface area contributed by atoms with Crippen molar-refractivity contribution in [3.8, 4) is 0 Å². The topological polar surface area (TPSA) is 66.4 Å². The molecule has 1 aromatic rings. The molecule has 1 rings (SSSR count). The zero-order valence-corrected chi connectivity index (χ0v) is 13.9. The highest BCUT2D eigenvalue weighted by Gasteiger charge is 2.28. The Morgan fingerprint density at radius 2 is 1.73 bits per heavy atom. The SMILES string of the molecule is CCC(C(C)C)C(C)C(=O)NC(Cc1ccccc1)C(=O)O. The van der Waals surface area contributed by atoms with Crippen LogP contribution < -0.4 is 5.32 Å². The molecule has 0 saturated carbocycles. The van der Waals surface area contributed by atoms with Crippen molar-refractivity contribution in [3.63, 3.8) is 0 Å². The Morgan fingerprint density at radius 1 is 1.14 bits per heavy atom. The second-order valence-electron chi connectivity index (χ2n) is 6.19. The van der Waals surface area contributed by atoms with E-state index in [9.17, 15) is 14.7 Å². The van der Waals surface area contributed by atoms with Crippen molar-refractivity contribution < 1.29 is 14.7 Å². The van der Waals surface area contributed by atoms with Gasteiger partial charge in [-0.3, -0.25) is 4.79 Å². The summed E-state index contributed by atoms with van der Waals surface area (Å²) in [6, 6.07) is 8.47. The summed E-state index contributed by atoms with van der Waals surface area (Å²) >= 11 is 0. The van der Waals surface area contributed by atoms with E-state index in [0.717, 1.165) is 12.0 Å². The molecule has 1 aromatic carbocycles. The first-order valence-corrected chi connectivity index (χ1v) is 7.93. The van der Waals surface area contributed by atoms with E-state index in [1.54, 1.807) is 0 Å². The highest BCUT2D eigenvalue weighted by atomic mass is 16.4. The molecular weight excluding hydrogens is 278 g/mol. The zero-order chi connectivity index (χ0) is 16.7. The van der Waals surface area contributed by atoms with Crippen LogP contribution in [-0.2, 0) is 16.0 Å². The minimum atomic E-state index is -0.998. The Kier molecular flexibility index (Phi) is 7.09. The molecule has 0 heterocycles. The van der Waals surface area contributed by atoms with Crippen molar-refractivity contribution in [2.24, 2.45) is 17.8 Å². The lowest BCUT2D eigenvalue weighted by molar-refractivity contribution is -0.142. The maximum absolute atomic E-state index is 12.4. The Labute approximate surface area is 132 Å². The van der Waals surface area contributed by atoms with Gasteiger partial charge in [-0.2, -0.15) is 0 Å². The van der Waals surface area contributed by atoms with E-state index >= 15 is 0 Å². The van der Waals surface area contributed by atoms with Gasteiger partial charge in [-0.1, -0.05) is 64.4 Å². The lowest BCUT2D eigenvalue weighted by atomic mass is 9.82. The van der Waals surface area contributed by atoms with E-state index in [2.05, 4.69) is 26.1 Å². The predicted molar refractivity (Wildman–Crippen MR) is 87.5 cm³/mol. The van der Waals surface area contributed by atoms with Crippen molar-refractivity contribution in [1.82, 2.24) is 5.32 Å². The van der Waals surface area contributed by atoms with Gasteiger partial charge in [0.1, 0.15) is 6.04 Å². The Hall–Kier alpha value is -1.84. The number of benzene rings is 1. The highest BCUT2D eigenvalue weighted by molar-refractivity contribution is 5.85. The molecule has 0 fully saturated rings. The number of nitrogens with one attached hydrogen (secondary N) is 1. The first kappa shape index (κ1) is 18.2. The van der Waals surface area contributed by atoms with Gasteiger partial charge in [-0.15, -0.1) is 0 Å². The quantitative estimate of drug-likeness (QED) is 0.775. The number of carbonyl (C=O) groups is 2. The van der Waals surface area contributed by atoms with Gasteiger partial charge in [-0.05, 0) is 17.4 Å². The molecule has 3 atom stereocenters. The lowest BCUT2D eigenvalue weighted by Crippen LogP contribution is -2.46. The summed E-state index contributed by atoms with van der Waals surface area (Å²) in [4.78, 5) is 23.8. The second-order valence-corrected chi connectivity index (χ2v) is 6.19. The van der Waals surface area contributed by atoms with Crippen LogP contribution in [0.25, 0.3) is 0 Å². The van der Waals surface area contributed by atoms with Crippen molar-refractivity contribution in [2.45, 2.75) is 46.6 Å². The van der Waals surface area contributed by atoms with Gasteiger partial charge >= 0.3 is 5.97 Å². The summed E-state index contributed by atoms with van der Waals surface area (Å²) in [7, 11) is 0. The summed E-state index contributed by atoms with van der Waals surface area (Å²) in [5.41, 5.74) is 0.902. The van der Waals surface area contributed by atoms with Crippen LogP contribution >= 0.6 is 0 Å². The maximum Gasteiger partial charge on any atom is 0.326 e. The van der Waals surface area contributed by atoms with E-state index in [1.165, 1.54) is 0 Å². The minimum absolute atomic E-state index is 0.177. The number of hydrogen-bond acceptors (Lipinski definition) is 2. The molecule has 4 nitrogen and oxygen atoms in total. The molecule has 2 N–H and O–H groups in total. The summed E-state index contributed by atoms with van der Waals surface area (Å²) in [6.45, 7) is 8.13. The molecule has 0 aliphatic carbocycles. The third kappa shape index (κ3) is 5.17. The fourth-order valence-corrected chi connectivity index (χ4v) is 2.95. The second kappa shape index (κ2) is 8.57. The molecule has 22 heavy (non-hydrogen) atoms. The zero-order valence-electron chi connectivity index (χ0n) is 13.9. The summed E-state index contributed by atoms with van der Waals surface area (Å²) in [5.74, 6) is -0.720. The molecule has 3 unspecified atom stereocenters. The van der Waals surface area contributed by atoms with Gasteiger partial charge in [0, 0.05) is 12.3 Å². The van der Waals surface area contributed by atoms with Gasteiger partial charge in [0.25, 0.3) is 0 Å². The van der Waals surface area contributed by atoms with E-state index < -0.39 is 12.0 Å². The van der Waals surface area contributed by atoms with Crippen molar-refractivity contribution >= 4 is 11.9 Å².